The normalized spacial score (nSPS) is 12.7. The molecule has 0 aromatic rings. The van der Waals surface area contributed by atoms with Crippen molar-refractivity contribution in [1.29, 1.82) is 0 Å². The van der Waals surface area contributed by atoms with Gasteiger partial charge in [-0.15, -0.1) is 0 Å². The van der Waals surface area contributed by atoms with E-state index in [1.807, 2.05) is 0 Å². The number of nitrogens with one attached hydrogen (secondary N) is 1. The highest BCUT2D eigenvalue weighted by Gasteiger charge is 2.20. The average molecular weight is 1070 g/mol. The van der Waals surface area contributed by atoms with Crippen molar-refractivity contribution in [1.82, 2.24) is 5.32 Å². The van der Waals surface area contributed by atoms with E-state index >= 15 is 0 Å². The second-order valence-corrected chi connectivity index (χ2v) is 23.5. The number of esters is 1. The lowest BCUT2D eigenvalue weighted by atomic mass is 10.0. The minimum absolute atomic E-state index is 0.00901. The van der Waals surface area contributed by atoms with Crippen LogP contribution in [0, 0.1) is 0 Å². The SMILES string of the molecule is CCCCCCCC/C=C\CCCCCCCCCCCC(=O)OCCCCCCCCCCC/C=C\C/C=C\CCCCCCCCCCCC(=O)NC(CO)C(O)CCCCCCCCCCCCCCCCC. The molecule has 0 aliphatic heterocycles. The fourth-order valence-electron chi connectivity index (χ4n) is 10.7. The molecule has 0 radical (unpaired) electrons. The Kier molecular flexibility index (Phi) is 63.9. The molecule has 448 valence electrons. The van der Waals surface area contributed by atoms with Crippen LogP contribution in [0.4, 0.5) is 0 Å². The van der Waals surface area contributed by atoms with E-state index in [1.54, 1.807) is 0 Å². The molecule has 0 rings (SSSR count). The molecular weight excluding hydrogens is 935 g/mol. The number of ether oxygens (including phenoxy) is 1. The highest BCUT2D eigenvalue weighted by Crippen LogP contribution is 2.18. The quantitative estimate of drug-likeness (QED) is 0.0320. The van der Waals surface area contributed by atoms with Gasteiger partial charge in [-0.3, -0.25) is 9.59 Å². The number of rotatable bonds is 64. The predicted octanol–water partition coefficient (Wildman–Crippen LogP) is 21.9. The van der Waals surface area contributed by atoms with Crippen molar-refractivity contribution >= 4 is 11.9 Å². The molecule has 3 N–H and O–H groups in total. The van der Waals surface area contributed by atoms with Crippen molar-refractivity contribution < 1.29 is 24.5 Å². The first-order chi connectivity index (χ1) is 37.5. The van der Waals surface area contributed by atoms with Crippen LogP contribution >= 0.6 is 0 Å². The number of aliphatic hydroxyl groups excluding tert-OH is 2. The number of amides is 1. The van der Waals surface area contributed by atoms with E-state index in [0.717, 1.165) is 51.4 Å². The summed E-state index contributed by atoms with van der Waals surface area (Å²) in [6, 6.07) is -0.546. The number of hydrogen-bond donors (Lipinski definition) is 3. The molecule has 0 saturated heterocycles. The molecule has 6 heteroatoms. The molecule has 0 fully saturated rings. The summed E-state index contributed by atoms with van der Waals surface area (Å²) in [6.07, 6.45) is 83.2. The highest BCUT2D eigenvalue weighted by molar-refractivity contribution is 5.76. The van der Waals surface area contributed by atoms with Crippen LogP contribution in [-0.2, 0) is 14.3 Å². The molecule has 76 heavy (non-hydrogen) atoms. The summed E-state index contributed by atoms with van der Waals surface area (Å²) in [5.41, 5.74) is 0. The Hall–Kier alpha value is -1.92. The van der Waals surface area contributed by atoms with Gasteiger partial charge in [-0.25, -0.2) is 0 Å². The fraction of sp³-hybridized carbons (Fsp3) is 0.886. The van der Waals surface area contributed by atoms with Gasteiger partial charge in [0, 0.05) is 12.8 Å². The van der Waals surface area contributed by atoms with Crippen LogP contribution in [0.5, 0.6) is 0 Å². The van der Waals surface area contributed by atoms with E-state index in [4.69, 9.17) is 4.74 Å². The minimum atomic E-state index is -0.668. The van der Waals surface area contributed by atoms with E-state index in [1.165, 1.54) is 289 Å². The largest absolute Gasteiger partial charge is 0.466 e. The molecule has 0 aromatic heterocycles. The van der Waals surface area contributed by atoms with Gasteiger partial charge in [0.25, 0.3) is 0 Å². The lowest BCUT2D eigenvalue weighted by Crippen LogP contribution is -2.45. The van der Waals surface area contributed by atoms with E-state index < -0.39 is 12.1 Å². The Balaban J connectivity index is 3.41. The van der Waals surface area contributed by atoms with Crippen LogP contribution in [0.25, 0.3) is 0 Å². The summed E-state index contributed by atoms with van der Waals surface area (Å²) < 4.78 is 5.50. The molecule has 0 bridgehead atoms. The molecule has 6 nitrogen and oxygen atoms in total. The van der Waals surface area contributed by atoms with Crippen molar-refractivity contribution in [2.75, 3.05) is 13.2 Å². The molecule has 2 unspecified atom stereocenters. The van der Waals surface area contributed by atoms with Crippen LogP contribution in [0.15, 0.2) is 36.5 Å². The van der Waals surface area contributed by atoms with Crippen LogP contribution in [0.2, 0.25) is 0 Å². The Morgan fingerprint density at radius 2 is 0.658 bits per heavy atom. The second kappa shape index (κ2) is 65.6. The number of carbonyl (C=O) groups is 2. The van der Waals surface area contributed by atoms with E-state index in [-0.39, 0.29) is 18.5 Å². The van der Waals surface area contributed by atoms with Crippen molar-refractivity contribution in [3.05, 3.63) is 36.5 Å². The maximum absolute atomic E-state index is 12.5. The maximum atomic E-state index is 12.5. The van der Waals surface area contributed by atoms with E-state index in [9.17, 15) is 19.8 Å². The minimum Gasteiger partial charge on any atom is -0.466 e. The molecule has 0 aliphatic rings. The van der Waals surface area contributed by atoms with Gasteiger partial charge in [-0.05, 0) is 83.5 Å². The van der Waals surface area contributed by atoms with Gasteiger partial charge in [-0.2, -0.15) is 0 Å². The van der Waals surface area contributed by atoms with Gasteiger partial charge in [0.05, 0.1) is 25.4 Å². The highest BCUT2D eigenvalue weighted by atomic mass is 16.5. The zero-order valence-electron chi connectivity index (χ0n) is 51.3. The zero-order chi connectivity index (χ0) is 55.0. The second-order valence-electron chi connectivity index (χ2n) is 23.5. The number of carbonyl (C=O) groups excluding carboxylic acids is 2. The Bertz CT molecular complexity index is 1230. The smallest absolute Gasteiger partial charge is 0.305 e. The third-order valence-electron chi connectivity index (χ3n) is 15.9. The summed E-state index contributed by atoms with van der Waals surface area (Å²) in [7, 11) is 0. The standard InChI is InChI=1S/C70H133NO5/c1-3-5-7-9-11-13-15-17-19-20-28-32-36-40-44-48-52-56-60-64-70(75)76-65-61-57-53-49-45-41-37-33-30-27-25-23-21-22-24-26-29-31-35-39-43-47-51-55-59-63-69(74)71-67(66-72)68(73)62-58-54-50-46-42-38-34-18-16-14-12-10-8-6-4-2/h17,19,22-25,67-68,72-73H,3-16,18,20-21,26-66H2,1-2H3,(H,71,74)/b19-17-,24-22-,25-23-. The fourth-order valence-corrected chi connectivity index (χ4v) is 10.7. The molecule has 0 spiro atoms. The molecule has 1 amide bonds. The van der Waals surface area contributed by atoms with Crippen molar-refractivity contribution in [2.24, 2.45) is 0 Å². The summed E-state index contributed by atoms with van der Waals surface area (Å²) in [5, 5.41) is 23.3. The molecule has 0 saturated carbocycles. The van der Waals surface area contributed by atoms with Crippen molar-refractivity contribution in [2.45, 2.75) is 386 Å². The first kappa shape index (κ1) is 74.1. The summed E-state index contributed by atoms with van der Waals surface area (Å²) in [4.78, 5) is 24.6. The molecule has 0 aromatic carbocycles. The Morgan fingerprint density at radius 1 is 0.368 bits per heavy atom. The summed E-state index contributed by atoms with van der Waals surface area (Å²) in [5.74, 6) is -0.0302. The van der Waals surface area contributed by atoms with Crippen LogP contribution in [-0.4, -0.2) is 47.4 Å². The Labute approximate surface area is 474 Å². The van der Waals surface area contributed by atoms with Gasteiger partial charge >= 0.3 is 5.97 Å². The van der Waals surface area contributed by atoms with Crippen molar-refractivity contribution in [3.63, 3.8) is 0 Å². The first-order valence-corrected chi connectivity index (χ1v) is 34.2. The third kappa shape index (κ3) is 61.3. The number of allylic oxidation sites excluding steroid dienone is 6. The molecule has 2 atom stereocenters. The molecule has 0 heterocycles. The average Bonchev–Trinajstić information content (AvgIpc) is 3.42. The van der Waals surface area contributed by atoms with Gasteiger partial charge in [0.2, 0.25) is 5.91 Å². The topological polar surface area (TPSA) is 95.9 Å². The molecular formula is C70H133NO5. The maximum Gasteiger partial charge on any atom is 0.305 e. The van der Waals surface area contributed by atoms with Crippen LogP contribution < -0.4 is 5.32 Å². The van der Waals surface area contributed by atoms with Crippen LogP contribution in [0.1, 0.15) is 373 Å². The number of aliphatic hydroxyl groups is 2. The first-order valence-electron chi connectivity index (χ1n) is 34.2. The van der Waals surface area contributed by atoms with Crippen LogP contribution in [0.3, 0.4) is 0 Å². The van der Waals surface area contributed by atoms with Gasteiger partial charge in [0.15, 0.2) is 0 Å². The van der Waals surface area contributed by atoms with E-state index in [0.29, 0.717) is 25.9 Å². The lowest BCUT2D eigenvalue weighted by molar-refractivity contribution is -0.143. The lowest BCUT2D eigenvalue weighted by Gasteiger charge is -2.22. The number of hydrogen-bond acceptors (Lipinski definition) is 5. The van der Waals surface area contributed by atoms with E-state index in [2.05, 4.69) is 55.6 Å². The van der Waals surface area contributed by atoms with Gasteiger partial charge in [0.1, 0.15) is 0 Å². The zero-order valence-corrected chi connectivity index (χ0v) is 51.3. The summed E-state index contributed by atoms with van der Waals surface area (Å²) in [6.45, 7) is 4.97. The predicted molar refractivity (Wildman–Crippen MR) is 333 cm³/mol. The monoisotopic (exact) mass is 1070 g/mol. The Morgan fingerprint density at radius 3 is 1.01 bits per heavy atom. The van der Waals surface area contributed by atoms with Gasteiger partial charge in [-0.1, -0.05) is 314 Å². The van der Waals surface area contributed by atoms with Crippen molar-refractivity contribution in [3.8, 4) is 0 Å². The molecule has 0 aliphatic carbocycles. The summed E-state index contributed by atoms with van der Waals surface area (Å²) >= 11 is 0. The third-order valence-corrected chi connectivity index (χ3v) is 15.9. The van der Waals surface area contributed by atoms with Gasteiger partial charge < -0.3 is 20.3 Å². The number of unbranched alkanes of at least 4 members (excludes halogenated alkanes) is 47.